The summed E-state index contributed by atoms with van der Waals surface area (Å²) in [5.41, 5.74) is 3.84. The largest absolute Gasteiger partial charge is 0.378 e. The summed E-state index contributed by atoms with van der Waals surface area (Å²) in [6.07, 6.45) is 2.45. The van der Waals surface area contributed by atoms with Crippen molar-refractivity contribution in [1.29, 1.82) is 0 Å². The summed E-state index contributed by atoms with van der Waals surface area (Å²) in [4.78, 5) is 42.0. The third kappa shape index (κ3) is 4.01. The minimum Gasteiger partial charge on any atom is -0.378 e. The fourth-order valence-electron chi connectivity index (χ4n) is 6.00. The zero-order chi connectivity index (χ0) is 25.9. The standard InChI is InChI=1S/C28H34N6O3/c1-18-30-23-14-20(33-10-9-32-11-12-37-17-21(32)16-33)5-6-22(23)26(35)34(18)8-7-19-13-24-25(29-15-19)28(2,3)27(36)31(24)4/h5-6,13-15,21H,7-12,16-17H2,1-4H3/t21-/m1/s1. The zero-order valence-corrected chi connectivity index (χ0v) is 22.0. The topological polar surface area (TPSA) is 83.8 Å². The Morgan fingerprint density at radius 2 is 1.97 bits per heavy atom. The third-order valence-corrected chi connectivity index (χ3v) is 8.27. The molecular weight excluding hydrogens is 468 g/mol. The van der Waals surface area contributed by atoms with Gasteiger partial charge in [0.1, 0.15) is 5.82 Å². The Kier molecular flexibility index (Phi) is 5.80. The van der Waals surface area contributed by atoms with Crippen molar-refractivity contribution in [3.63, 3.8) is 0 Å². The molecule has 3 aromatic rings. The Bertz CT molecular complexity index is 1450. The molecule has 0 aliphatic carbocycles. The molecule has 9 heteroatoms. The first-order valence-corrected chi connectivity index (χ1v) is 13.1. The molecule has 5 heterocycles. The van der Waals surface area contributed by atoms with Crippen molar-refractivity contribution < 1.29 is 9.53 Å². The molecule has 9 nitrogen and oxygen atoms in total. The number of likely N-dealkylation sites (N-methyl/N-ethyl adjacent to an activating group) is 1. The SMILES string of the molecule is Cc1nc2cc(N3CCN4CCOC[C@H]4C3)ccc2c(=O)n1CCc1cnc2c(c1)N(C)C(=O)C2(C)C. The van der Waals surface area contributed by atoms with E-state index in [0.29, 0.717) is 30.2 Å². The van der Waals surface area contributed by atoms with E-state index in [4.69, 9.17) is 9.72 Å². The normalized spacial score (nSPS) is 21.4. The number of fused-ring (bicyclic) bond motifs is 3. The van der Waals surface area contributed by atoms with Gasteiger partial charge in [-0.05, 0) is 57.0 Å². The smallest absolute Gasteiger partial charge is 0.261 e. The summed E-state index contributed by atoms with van der Waals surface area (Å²) in [5.74, 6) is 0.744. The van der Waals surface area contributed by atoms with E-state index in [1.54, 1.807) is 16.5 Å². The second kappa shape index (κ2) is 8.92. The lowest BCUT2D eigenvalue weighted by molar-refractivity contribution is -0.121. The fourth-order valence-corrected chi connectivity index (χ4v) is 6.00. The number of ether oxygens (including phenoxy) is 1. The quantitative estimate of drug-likeness (QED) is 0.540. The number of amides is 1. The molecule has 0 unspecified atom stereocenters. The van der Waals surface area contributed by atoms with Gasteiger partial charge in [-0.3, -0.25) is 24.0 Å². The summed E-state index contributed by atoms with van der Waals surface area (Å²) < 4.78 is 7.43. The monoisotopic (exact) mass is 502 g/mol. The number of carbonyl (C=O) groups is 1. The maximum Gasteiger partial charge on any atom is 0.261 e. The molecular formula is C28H34N6O3. The highest BCUT2D eigenvalue weighted by Crippen LogP contribution is 2.39. The molecule has 3 aliphatic heterocycles. The van der Waals surface area contributed by atoms with Crippen LogP contribution in [0.15, 0.2) is 35.3 Å². The van der Waals surface area contributed by atoms with Crippen LogP contribution in [0, 0.1) is 6.92 Å². The number of hydrogen-bond acceptors (Lipinski definition) is 7. The van der Waals surface area contributed by atoms with Gasteiger partial charge in [0.15, 0.2) is 0 Å². The fraction of sp³-hybridized carbons (Fsp3) is 0.500. The number of aryl methyl sites for hydroxylation is 2. The lowest BCUT2D eigenvalue weighted by Gasteiger charge is -2.44. The van der Waals surface area contributed by atoms with Crippen LogP contribution in [0.3, 0.4) is 0 Å². The van der Waals surface area contributed by atoms with E-state index < -0.39 is 5.41 Å². The Morgan fingerprint density at radius 3 is 2.81 bits per heavy atom. The van der Waals surface area contributed by atoms with Gasteiger partial charge in [-0.25, -0.2) is 4.98 Å². The second-order valence-electron chi connectivity index (χ2n) is 11.0. The van der Waals surface area contributed by atoms with E-state index in [0.717, 1.165) is 67.5 Å². The molecule has 1 aromatic carbocycles. The lowest BCUT2D eigenvalue weighted by Crippen LogP contribution is -2.58. The average Bonchev–Trinajstić information content (AvgIpc) is 3.07. The minimum atomic E-state index is -0.616. The van der Waals surface area contributed by atoms with Crippen molar-refractivity contribution in [3.8, 4) is 0 Å². The summed E-state index contributed by atoms with van der Waals surface area (Å²) >= 11 is 0. The van der Waals surface area contributed by atoms with Gasteiger partial charge in [0.05, 0.1) is 47.0 Å². The first kappa shape index (κ1) is 24.1. The van der Waals surface area contributed by atoms with Crippen LogP contribution in [0.2, 0.25) is 0 Å². The molecule has 0 radical (unpaired) electrons. The molecule has 37 heavy (non-hydrogen) atoms. The summed E-state index contributed by atoms with van der Waals surface area (Å²) in [6, 6.07) is 8.45. The van der Waals surface area contributed by atoms with Gasteiger partial charge >= 0.3 is 0 Å². The molecule has 2 aromatic heterocycles. The Labute approximate surface area is 216 Å². The van der Waals surface area contributed by atoms with Gasteiger partial charge in [-0.15, -0.1) is 0 Å². The van der Waals surface area contributed by atoms with Gasteiger partial charge in [-0.2, -0.15) is 0 Å². The van der Waals surface area contributed by atoms with Crippen LogP contribution in [0.25, 0.3) is 10.9 Å². The van der Waals surface area contributed by atoms with Crippen LogP contribution in [-0.2, 0) is 27.9 Å². The molecule has 1 amide bonds. The van der Waals surface area contributed by atoms with E-state index in [1.807, 2.05) is 51.2 Å². The van der Waals surface area contributed by atoms with Gasteiger partial charge in [0, 0.05) is 51.7 Å². The van der Waals surface area contributed by atoms with Crippen molar-refractivity contribution in [2.75, 3.05) is 56.2 Å². The molecule has 0 spiro atoms. The van der Waals surface area contributed by atoms with Crippen molar-refractivity contribution in [1.82, 2.24) is 19.4 Å². The number of benzene rings is 1. The predicted octanol–water partition coefficient (Wildman–Crippen LogP) is 2.12. The molecule has 2 saturated heterocycles. The molecule has 3 aliphatic rings. The van der Waals surface area contributed by atoms with Gasteiger partial charge < -0.3 is 14.5 Å². The summed E-state index contributed by atoms with van der Waals surface area (Å²) in [5, 5.41) is 0.633. The molecule has 2 fully saturated rings. The highest BCUT2D eigenvalue weighted by molar-refractivity contribution is 6.06. The molecule has 194 valence electrons. The minimum absolute atomic E-state index is 0.0258. The molecule has 1 atom stereocenters. The number of rotatable bonds is 4. The molecule has 0 bridgehead atoms. The number of anilines is 2. The molecule has 0 saturated carbocycles. The highest BCUT2D eigenvalue weighted by Gasteiger charge is 2.43. The van der Waals surface area contributed by atoms with Crippen LogP contribution in [0.1, 0.15) is 30.9 Å². The van der Waals surface area contributed by atoms with E-state index >= 15 is 0 Å². The van der Waals surface area contributed by atoms with Crippen molar-refractivity contribution in [3.05, 3.63) is 57.9 Å². The molecule has 0 N–H and O–H groups in total. The second-order valence-corrected chi connectivity index (χ2v) is 11.0. The number of aromatic nitrogens is 3. The predicted molar refractivity (Wildman–Crippen MR) is 144 cm³/mol. The number of hydrogen-bond donors (Lipinski definition) is 0. The molecule has 6 rings (SSSR count). The van der Waals surface area contributed by atoms with Crippen LogP contribution < -0.4 is 15.4 Å². The van der Waals surface area contributed by atoms with Gasteiger partial charge in [-0.1, -0.05) is 0 Å². The van der Waals surface area contributed by atoms with E-state index in [2.05, 4.69) is 14.8 Å². The van der Waals surface area contributed by atoms with Crippen LogP contribution in [0.5, 0.6) is 0 Å². The van der Waals surface area contributed by atoms with Crippen LogP contribution >= 0.6 is 0 Å². The van der Waals surface area contributed by atoms with Crippen molar-refractivity contribution in [2.45, 2.75) is 45.2 Å². The lowest BCUT2D eigenvalue weighted by atomic mass is 9.90. The zero-order valence-electron chi connectivity index (χ0n) is 22.0. The maximum absolute atomic E-state index is 13.4. The van der Waals surface area contributed by atoms with Gasteiger partial charge in [0.25, 0.3) is 5.56 Å². The number of morpholine rings is 1. The number of carbonyl (C=O) groups excluding carboxylic acids is 1. The highest BCUT2D eigenvalue weighted by atomic mass is 16.5. The maximum atomic E-state index is 13.4. The first-order valence-electron chi connectivity index (χ1n) is 13.1. The first-order chi connectivity index (χ1) is 17.7. The number of piperazine rings is 1. The van der Waals surface area contributed by atoms with E-state index in [9.17, 15) is 9.59 Å². The Morgan fingerprint density at radius 1 is 1.14 bits per heavy atom. The summed E-state index contributed by atoms with van der Waals surface area (Å²) in [7, 11) is 1.79. The van der Waals surface area contributed by atoms with Crippen molar-refractivity contribution in [2.24, 2.45) is 0 Å². The van der Waals surface area contributed by atoms with Gasteiger partial charge in [0.2, 0.25) is 5.91 Å². The number of pyridine rings is 1. The average molecular weight is 503 g/mol. The van der Waals surface area contributed by atoms with Crippen LogP contribution in [0.4, 0.5) is 11.4 Å². The van der Waals surface area contributed by atoms with E-state index in [-0.39, 0.29) is 11.5 Å². The van der Waals surface area contributed by atoms with Crippen molar-refractivity contribution >= 4 is 28.2 Å². The van der Waals surface area contributed by atoms with E-state index in [1.165, 1.54) is 0 Å². The summed E-state index contributed by atoms with van der Waals surface area (Å²) in [6.45, 7) is 11.7. The van der Waals surface area contributed by atoms with Crippen LogP contribution in [-0.4, -0.2) is 77.8 Å². The third-order valence-electron chi connectivity index (χ3n) is 8.27. The Hall–Kier alpha value is -3.30. The number of nitrogens with zero attached hydrogens (tertiary/aromatic N) is 6. The Balaban J connectivity index is 1.23.